The minimum absolute atomic E-state index is 0.126. The van der Waals surface area contributed by atoms with Crippen molar-refractivity contribution in [2.75, 3.05) is 24.6 Å². The number of piperidine rings is 1. The summed E-state index contributed by atoms with van der Waals surface area (Å²) in [5.41, 5.74) is 2.22. The molecule has 0 unspecified atom stereocenters. The van der Waals surface area contributed by atoms with Crippen molar-refractivity contribution in [1.82, 2.24) is 0 Å². The van der Waals surface area contributed by atoms with Crippen LogP contribution in [0.4, 0.5) is 5.69 Å². The number of aliphatic hydroxyl groups is 1. The van der Waals surface area contributed by atoms with Crippen LogP contribution in [0.1, 0.15) is 19.8 Å². The van der Waals surface area contributed by atoms with Gasteiger partial charge >= 0.3 is 0 Å². The fraction of sp³-hybridized carbons (Fsp3) is 0.467. The molecule has 1 saturated heterocycles. The molecule has 3 nitrogen and oxygen atoms in total. The summed E-state index contributed by atoms with van der Waals surface area (Å²) in [4.78, 5) is 2.30. The minimum Gasteiger partial charge on any atom is -0.489 e. The Morgan fingerprint density at radius 2 is 1.94 bits per heavy atom. The molecule has 0 bridgehead atoms. The van der Waals surface area contributed by atoms with Crippen molar-refractivity contribution in [3.05, 3.63) is 36.4 Å². The van der Waals surface area contributed by atoms with Crippen molar-refractivity contribution in [2.24, 2.45) is 0 Å². The maximum Gasteiger partial charge on any atom is 0.119 e. The van der Waals surface area contributed by atoms with Crippen molar-refractivity contribution in [2.45, 2.75) is 25.9 Å². The Hall–Kier alpha value is -1.48. The summed E-state index contributed by atoms with van der Waals surface area (Å²) in [7, 11) is 0. The van der Waals surface area contributed by atoms with E-state index in [2.05, 4.69) is 23.6 Å². The molecule has 1 aromatic carbocycles. The highest BCUT2D eigenvalue weighted by molar-refractivity contribution is 5.49. The van der Waals surface area contributed by atoms with E-state index < -0.39 is 0 Å². The third kappa shape index (κ3) is 3.50. The first-order valence-corrected chi connectivity index (χ1v) is 6.45. The fourth-order valence-electron chi connectivity index (χ4n) is 2.08. The summed E-state index contributed by atoms with van der Waals surface area (Å²) in [5, 5.41) is 9.49. The van der Waals surface area contributed by atoms with Crippen LogP contribution in [0.25, 0.3) is 0 Å². The van der Waals surface area contributed by atoms with E-state index in [1.165, 1.54) is 5.69 Å². The van der Waals surface area contributed by atoms with E-state index in [1.807, 2.05) is 19.1 Å². The van der Waals surface area contributed by atoms with Gasteiger partial charge in [-0.3, -0.25) is 0 Å². The molecule has 0 spiro atoms. The number of anilines is 1. The molecule has 1 aliphatic rings. The average molecular weight is 247 g/mol. The third-order valence-electron chi connectivity index (χ3n) is 3.15. The lowest BCUT2D eigenvalue weighted by molar-refractivity contribution is 0.145. The molecule has 98 valence electrons. The quantitative estimate of drug-likeness (QED) is 0.830. The molecule has 1 fully saturated rings. The molecule has 1 N–H and O–H groups in total. The molecule has 0 aromatic heterocycles. The Balaban J connectivity index is 1.93. The Morgan fingerprint density at radius 1 is 1.33 bits per heavy atom. The van der Waals surface area contributed by atoms with Crippen molar-refractivity contribution in [1.29, 1.82) is 0 Å². The minimum atomic E-state index is -0.126. The van der Waals surface area contributed by atoms with Gasteiger partial charge in [0.05, 0.1) is 6.10 Å². The van der Waals surface area contributed by atoms with Gasteiger partial charge in [-0.15, -0.1) is 0 Å². The Labute approximate surface area is 109 Å². The molecule has 0 atom stereocenters. The van der Waals surface area contributed by atoms with Crippen LogP contribution in [0.15, 0.2) is 36.4 Å². The van der Waals surface area contributed by atoms with Gasteiger partial charge in [-0.05, 0) is 49.6 Å². The van der Waals surface area contributed by atoms with E-state index >= 15 is 0 Å². The first-order valence-electron chi connectivity index (χ1n) is 6.45. The van der Waals surface area contributed by atoms with E-state index in [0.717, 1.165) is 37.3 Å². The van der Waals surface area contributed by atoms with Gasteiger partial charge in [0.25, 0.3) is 0 Å². The normalized spacial score (nSPS) is 16.7. The smallest absolute Gasteiger partial charge is 0.119 e. The number of ether oxygens (including phenoxy) is 1. The molecule has 3 heteroatoms. The molecule has 0 amide bonds. The van der Waals surface area contributed by atoms with E-state index in [-0.39, 0.29) is 6.10 Å². The first kappa shape index (κ1) is 13.0. The molecular formula is C15H21NO2. The largest absolute Gasteiger partial charge is 0.489 e. The van der Waals surface area contributed by atoms with Crippen LogP contribution in [0, 0.1) is 0 Å². The van der Waals surface area contributed by atoms with E-state index in [4.69, 9.17) is 4.74 Å². The molecule has 0 radical (unpaired) electrons. The first-order chi connectivity index (χ1) is 8.65. The van der Waals surface area contributed by atoms with Gasteiger partial charge in [0, 0.05) is 18.8 Å². The summed E-state index contributed by atoms with van der Waals surface area (Å²) < 4.78 is 5.57. The van der Waals surface area contributed by atoms with E-state index in [9.17, 15) is 5.11 Å². The summed E-state index contributed by atoms with van der Waals surface area (Å²) in [6.45, 7) is 8.18. The van der Waals surface area contributed by atoms with Crippen LogP contribution in [0.5, 0.6) is 5.75 Å². The maximum absolute atomic E-state index is 9.49. The van der Waals surface area contributed by atoms with Gasteiger partial charge in [0.15, 0.2) is 0 Å². The standard InChI is InChI=1S/C15H21NO2/c1-12(2)11-18-15-5-3-13(4-6-15)16-9-7-14(17)8-10-16/h3-6,14,17H,1,7-11H2,2H3. The van der Waals surface area contributed by atoms with Gasteiger partial charge in [-0.25, -0.2) is 0 Å². The summed E-state index contributed by atoms with van der Waals surface area (Å²) in [5.74, 6) is 0.874. The second kappa shape index (κ2) is 5.91. The zero-order chi connectivity index (χ0) is 13.0. The van der Waals surface area contributed by atoms with Gasteiger partial charge in [-0.1, -0.05) is 6.58 Å². The lowest BCUT2D eigenvalue weighted by Gasteiger charge is -2.31. The second-order valence-electron chi connectivity index (χ2n) is 4.96. The van der Waals surface area contributed by atoms with E-state index in [0.29, 0.717) is 6.61 Å². The average Bonchev–Trinajstić information content (AvgIpc) is 2.38. The number of nitrogens with zero attached hydrogens (tertiary/aromatic N) is 1. The van der Waals surface area contributed by atoms with Crippen molar-refractivity contribution in [3.8, 4) is 5.75 Å². The van der Waals surface area contributed by atoms with Crippen LogP contribution < -0.4 is 9.64 Å². The number of aliphatic hydroxyl groups excluding tert-OH is 1. The molecule has 1 aliphatic heterocycles. The highest BCUT2D eigenvalue weighted by Crippen LogP contribution is 2.23. The molecular weight excluding hydrogens is 226 g/mol. The lowest BCUT2D eigenvalue weighted by atomic mass is 10.1. The summed E-state index contributed by atoms with van der Waals surface area (Å²) >= 11 is 0. The summed E-state index contributed by atoms with van der Waals surface area (Å²) in [6, 6.07) is 8.13. The lowest BCUT2D eigenvalue weighted by Crippen LogP contribution is -2.35. The fourth-order valence-corrected chi connectivity index (χ4v) is 2.08. The Kier molecular flexibility index (Phi) is 4.26. The zero-order valence-corrected chi connectivity index (χ0v) is 10.9. The Morgan fingerprint density at radius 3 is 2.50 bits per heavy atom. The predicted molar refractivity (Wildman–Crippen MR) is 74.2 cm³/mol. The maximum atomic E-state index is 9.49. The SMILES string of the molecule is C=C(C)COc1ccc(N2CCC(O)CC2)cc1. The van der Waals surface area contributed by atoms with Gasteiger partial charge in [-0.2, -0.15) is 0 Å². The second-order valence-corrected chi connectivity index (χ2v) is 4.96. The Bertz CT molecular complexity index is 391. The molecule has 0 aliphatic carbocycles. The highest BCUT2D eigenvalue weighted by Gasteiger charge is 2.16. The molecule has 1 aromatic rings. The number of hydrogen-bond acceptors (Lipinski definition) is 3. The van der Waals surface area contributed by atoms with Crippen LogP contribution >= 0.6 is 0 Å². The summed E-state index contributed by atoms with van der Waals surface area (Å²) in [6.07, 6.45) is 1.58. The van der Waals surface area contributed by atoms with Gasteiger partial charge in [0.2, 0.25) is 0 Å². The highest BCUT2D eigenvalue weighted by atomic mass is 16.5. The van der Waals surface area contributed by atoms with Crippen LogP contribution in [-0.4, -0.2) is 30.9 Å². The molecule has 0 saturated carbocycles. The molecule has 2 rings (SSSR count). The van der Waals surface area contributed by atoms with Crippen molar-refractivity contribution >= 4 is 5.69 Å². The van der Waals surface area contributed by atoms with Crippen molar-refractivity contribution < 1.29 is 9.84 Å². The zero-order valence-electron chi connectivity index (χ0n) is 10.9. The van der Waals surface area contributed by atoms with Gasteiger partial charge < -0.3 is 14.7 Å². The number of rotatable bonds is 4. The number of hydrogen-bond donors (Lipinski definition) is 1. The monoisotopic (exact) mass is 247 g/mol. The molecule has 18 heavy (non-hydrogen) atoms. The molecule has 1 heterocycles. The predicted octanol–water partition coefficient (Wildman–Crippen LogP) is 2.60. The third-order valence-corrected chi connectivity index (χ3v) is 3.15. The van der Waals surface area contributed by atoms with Crippen molar-refractivity contribution in [3.63, 3.8) is 0 Å². The van der Waals surface area contributed by atoms with Crippen LogP contribution in [0.3, 0.4) is 0 Å². The topological polar surface area (TPSA) is 32.7 Å². The van der Waals surface area contributed by atoms with Crippen LogP contribution in [-0.2, 0) is 0 Å². The van der Waals surface area contributed by atoms with Gasteiger partial charge in [0.1, 0.15) is 12.4 Å². The van der Waals surface area contributed by atoms with Crippen LogP contribution in [0.2, 0.25) is 0 Å². The van der Waals surface area contributed by atoms with E-state index in [1.54, 1.807) is 0 Å². The number of benzene rings is 1.